The van der Waals surface area contributed by atoms with E-state index in [9.17, 15) is 24.5 Å². The molecule has 2 heterocycles. The van der Waals surface area contributed by atoms with Crippen LogP contribution in [0, 0.1) is 24.0 Å². The number of amides is 3. The Morgan fingerprint density at radius 3 is 2.65 bits per heavy atom. The van der Waals surface area contributed by atoms with E-state index in [-0.39, 0.29) is 22.1 Å². The lowest BCUT2D eigenvalue weighted by Gasteiger charge is -2.13. The largest absolute Gasteiger partial charge is 0.456 e. The lowest BCUT2D eigenvalue weighted by Crippen LogP contribution is -2.36. The van der Waals surface area contributed by atoms with Crippen LogP contribution in [0.2, 0.25) is 0 Å². The predicted octanol–water partition coefficient (Wildman–Crippen LogP) is 5.15. The summed E-state index contributed by atoms with van der Waals surface area (Å²) in [5.74, 6) is -0.606. The summed E-state index contributed by atoms with van der Waals surface area (Å²) < 4.78 is 5.67. The summed E-state index contributed by atoms with van der Waals surface area (Å²) in [5, 5.41) is 13.4. The molecule has 1 saturated heterocycles. The molecule has 2 aromatic carbocycles. The third-order valence-corrected chi connectivity index (χ3v) is 6.01. The van der Waals surface area contributed by atoms with Crippen molar-refractivity contribution in [3.05, 3.63) is 86.5 Å². The molecule has 1 fully saturated rings. The van der Waals surface area contributed by atoms with E-state index in [4.69, 9.17) is 4.42 Å². The Morgan fingerprint density at radius 1 is 1.15 bits per heavy atom. The number of para-hydroxylation sites is 1. The molecule has 172 valence electrons. The Balaban J connectivity index is 1.48. The molecular weight excluding hydrogens is 458 g/mol. The Labute approximate surface area is 198 Å². The van der Waals surface area contributed by atoms with E-state index in [1.807, 2.05) is 26.0 Å². The van der Waals surface area contributed by atoms with Crippen LogP contribution < -0.4 is 5.32 Å². The molecule has 4 rings (SSSR count). The summed E-state index contributed by atoms with van der Waals surface area (Å²) >= 11 is 0.693. The van der Waals surface area contributed by atoms with Crippen molar-refractivity contribution in [1.29, 1.82) is 0 Å². The maximum atomic E-state index is 12.7. The molecule has 0 radical (unpaired) electrons. The predicted molar refractivity (Wildman–Crippen MR) is 128 cm³/mol. The molecule has 0 bridgehead atoms. The number of hydrogen-bond donors (Lipinski definition) is 1. The molecule has 0 saturated carbocycles. The molecule has 0 atom stereocenters. The minimum atomic E-state index is -0.616. The molecule has 34 heavy (non-hydrogen) atoms. The number of nitro groups is 1. The number of hydrogen-bond acceptors (Lipinski definition) is 7. The number of nitro benzene ring substituents is 1. The van der Waals surface area contributed by atoms with Gasteiger partial charge in [-0.25, -0.2) is 0 Å². The van der Waals surface area contributed by atoms with Gasteiger partial charge in [0.15, 0.2) is 0 Å². The van der Waals surface area contributed by atoms with Gasteiger partial charge in [-0.15, -0.1) is 0 Å². The van der Waals surface area contributed by atoms with Crippen molar-refractivity contribution in [2.24, 2.45) is 0 Å². The number of rotatable bonds is 6. The van der Waals surface area contributed by atoms with E-state index in [2.05, 4.69) is 5.32 Å². The maximum Gasteiger partial charge on any atom is 0.294 e. The van der Waals surface area contributed by atoms with E-state index in [1.165, 1.54) is 12.1 Å². The Bertz CT molecular complexity index is 1360. The highest BCUT2D eigenvalue weighted by molar-refractivity contribution is 8.18. The summed E-state index contributed by atoms with van der Waals surface area (Å²) in [6.07, 6.45) is 1.38. The van der Waals surface area contributed by atoms with Gasteiger partial charge in [-0.2, -0.15) is 0 Å². The number of carbonyl (C=O) groups is 3. The van der Waals surface area contributed by atoms with Crippen molar-refractivity contribution < 1.29 is 23.7 Å². The molecule has 0 unspecified atom stereocenters. The first kappa shape index (κ1) is 23.0. The minimum absolute atomic E-state index is 0.0905. The molecule has 3 aromatic rings. The fourth-order valence-electron chi connectivity index (χ4n) is 3.47. The Hall–Kier alpha value is -4.18. The first-order valence-electron chi connectivity index (χ1n) is 10.2. The monoisotopic (exact) mass is 477 g/mol. The molecule has 0 spiro atoms. The number of anilines is 1. The zero-order valence-corrected chi connectivity index (χ0v) is 19.0. The SMILES string of the molecule is Cc1ccc(NC(=O)CN2C(=O)S/C(=C/c3ccc(-c4ccccc4[N+](=O)[O-])o3)C2=O)c(C)c1. The summed E-state index contributed by atoms with van der Waals surface area (Å²) in [6.45, 7) is 3.37. The molecule has 1 aromatic heterocycles. The highest BCUT2D eigenvalue weighted by Crippen LogP contribution is 2.35. The van der Waals surface area contributed by atoms with Crippen LogP contribution >= 0.6 is 11.8 Å². The smallest absolute Gasteiger partial charge is 0.294 e. The molecule has 0 aliphatic carbocycles. The lowest BCUT2D eigenvalue weighted by molar-refractivity contribution is -0.384. The van der Waals surface area contributed by atoms with Crippen LogP contribution in [0.3, 0.4) is 0 Å². The molecule has 9 nitrogen and oxygen atoms in total. The highest BCUT2D eigenvalue weighted by Gasteiger charge is 2.36. The van der Waals surface area contributed by atoms with Gasteiger partial charge in [0.05, 0.1) is 15.4 Å². The molecule has 3 amide bonds. The van der Waals surface area contributed by atoms with Gasteiger partial charge in [-0.3, -0.25) is 29.4 Å². The second kappa shape index (κ2) is 9.36. The van der Waals surface area contributed by atoms with Crippen LogP contribution in [-0.2, 0) is 9.59 Å². The highest BCUT2D eigenvalue weighted by atomic mass is 32.2. The van der Waals surface area contributed by atoms with Crippen molar-refractivity contribution in [1.82, 2.24) is 4.90 Å². The van der Waals surface area contributed by atoms with Crippen molar-refractivity contribution in [2.45, 2.75) is 13.8 Å². The standard InChI is InChI=1S/C24H19N3O6S/c1-14-7-9-18(15(2)11-14)25-22(28)13-26-23(29)21(34-24(26)30)12-16-8-10-20(33-16)17-5-3-4-6-19(17)27(31)32/h3-12H,13H2,1-2H3,(H,25,28)/b21-12+. The van der Waals surface area contributed by atoms with Gasteiger partial charge in [-0.05, 0) is 55.4 Å². The van der Waals surface area contributed by atoms with Crippen molar-refractivity contribution in [3.63, 3.8) is 0 Å². The average molecular weight is 477 g/mol. The van der Waals surface area contributed by atoms with Crippen LogP contribution in [0.1, 0.15) is 16.9 Å². The third kappa shape index (κ3) is 4.76. The molecule has 1 aliphatic heterocycles. The molecule has 10 heteroatoms. The summed E-state index contributed by atoms with van der Waals surface area (Å²) in [5.41, 5.74) is 2.71. The quantitative estimate of drug-likeness (QED) is 0.296. The van der Waals surface area contributed by atoms with Gasteiger partial charge in [0.2, 0.25) is 5.91 Å². The van der Waals surface area contributed by atoms with Gasteiger partial charge in [0.25, 0.3) is 16.8 Å². The van der Waals surface area contributed by atoms with Crippen LogP contribution in [0.5, 0.6) is 0 Å². The number of furan rings is 1. The Morgan fingerprint density at radius 2 is 1.91 bits per heavy atom. The van der Waals surface area contributed by atoms with Crippen LogP contribution in [0.25, 0.3) is 17.4 Å². The number of benzene rings is 2. The number of nitrogens with zero attached hydrogens (tertiary/aromatic N) is 2. The first-order valence-corrected chi connectivity index (χ1v) is 11.0. The van der Waals surface area contributed by atoms with E-state index in [0.29, 0.717) is 23.0 Å². The number of nitrogens with one attached hydrogen (secondary N) is 1. The fraction of sp³-hybridized carbons (Fsp3) is 0.125. The van der Waals surface area contributed by atoms with E-state index >= 15 is 0 Å². The Kier molecular flexibility index (Phi) is 6.33. The zero-order valence-electron chi connectivity index (χ0n) is 18.2. The number of imide groups is 1. The van der Waals surface area contributed by atoms with Crippen LogP contribution in [0.4, 0.5) is 16.2 Å². The zero-order chi connectivity index (χ0) is 24.4. The molecule has 1 N–H and O–H groups in total. The summed E-state index contributed by atoms with van der Waals surface area (Å²) in [7, 11) is 0. The van der Waals surface area contributed by atoms with E-state index in [1.54, 1.807) is 36.4 Å². The topological polar surface area (TPSA) is 123 Å². The van der Waals surface area contributed by atoms with Crippen molar-refractivity contribution >= 4 is 46.3 Å². The number of carbonyl (C=O) groups excluding carboxylic acids is 3. The number of aryl methyl sites for hydroxylation is 2. The lowest BCUT2D eigenvalue weighted by atomic mass is 10.1. The van der Waals surface area contributed by atoms with Crippen LogP contribution in [-0.4, -0.2) is 33.4 Å². The van der Waals surface area contributed by atoms with E-state index in [0.717, 1.165) is 16.0 Å². The second-order valence-electron chi connectivity index (χ2n) is 7.61. The summed E-state index contributed by atoms with van der Waals surface area (Å²) in [6, 6.07) is 14.8. The van der Waals surface area contributed by atoms with Gasteiger partial charge in [-0.1, -0.05) is 29.8 Å². The van der Waals surface area contributed by atoms with Crippen molar-refractivity contribution in [2.75, 3.05) is 11.9 Å². The van der Waals surface area contributed by atoms with Gasteiger partial charge in [0, 0.05) is 17.8 Å². The maximum absolute atomic E-state index is 12.7. The number of thioether (sulfide) groups is 1. The van der Waals surface area contributed by atoms with Crippen LogP contribution in [0.15, 0.2) is 63.9 Å². The van der Waals surface area contributed by atoms with E-state index < -0.39 is 28.5 Å². The molecule has 1 aliphatic rings. The van der Waals surface area contributed by atoms with Gasteiger partial charge in [0.1, 0.15) is 18.1 Å². The third-order valence-electron chi connectivity index (χ3n) is 5.10. The summed E-state index contributed by atoms with van der Waals surface area (Å²) in [4.78, 5) is 49.3. The van der Waals surface area contributed by atoms with Gasteiger partial charge >= 0.3 is 0 Å². The van der Waals surface area contributed by atoms with Crippen molar-refractivity contribution in [3.8, 4) is 11.3 Å². The normalized spacial score (nSPS) is 14.6. The second-order valence-corrected chi connectivity index (χ2v) is 8.60. The fourth-order valence-corrected chi connectivity index (χ4v) is 4.29. The first-order chi connectivity index (χ1) is 16.2. The average Bonchev–Trinajstić information content (AvgIpc) is 3.36. The molecular formula is C24H19N3O6S. The minimum Gasteiger partial charge on any atom is -0.456 e. The van der Waals surface area contributed by atoms with Gasteiger partial charge < -0.3 is 9.73 Å².